The molecule has 58 valence electrons. The fourth-order valence-electron chi connectivity index (χ4n) is 0.694. The molecule has 1 rings (SSSR count). The Kier molecular flexibility index (Phi) is 2.63. The quantitative estimate of drug-likeness (QED) is 0.580. The molecule has 0 aromatic carbocycles. The van der Waals surface area contributed by atoms with Crippen LogP contribution in [0, 0.1) is 0 Å². The van der Waals surface area contributed by atoms with Gasteiger partial charge in [-0.2, -0.15) is 0 Å². The van der Waals surface area contributed by atoms with Gasteiger partial charge >= 0.3 is 0 Å². The zero-order valence-corrected chi connectivity index (χ0v) is 7.07. The first-order chi connectivity index (χ1) is 4.70. The van der Waals surface area contributed by atoms with Crippen molar-refractivity contribution in [2.75, 3.05) is 12.4 Å². The van der Waals surface area contributed by atoms with Crippen molar-refractivity contribution < 1.29 is 9.84 Å². The lowest BCUT2D eigenvalue weighted by Gasteiger charge is -2.05. The van der Waals surface area contributed by atoms with E-state index in [2.05, 4.69) is 0 Å². The van der Waals surface area contributed by atoms with Gasteiger partial charge in [-0.05, 0) is 13.8 Å². The van der Waals surface area contributed by atoms with Crippen molar-refractivity contribution in [3.05, 3.63) is 10.7 Å². The third-order valence-electron chi connectivity index (χ3n) is 1.48. The number of hydrogen-bond acceptors (Lipinski definition) is 3. The Balaban J connectivity index is 2.55. The van der Waals surface area contributed by atoms with Gasteiger partial charge in [0.15, 0.2) is 0 Å². The van der Waals surface area contributed by atoms with E-state index in [4.69, 9.17) is 9.84 Å². The number of hydrogen-bond donors (Lipinski definition) is 1. The van der Waals surface area contributed by atoms with Crippen molar-refractivity contribution in [2.45, 2.75) is 20.0 Å². The number of allylic oxidation sites excluding steroid dienone is 2. The molecule has 1 N–H and O–H groups in total. The van der Waals surface area contributed by atoms with E-state index in [0.29, 0.717) is 6.61 Å². The van der Waals surface area contributed by atoms with Crippen LogP contribution in [0.15, 0.2) is 10.7 Å². The second kappa shape index (κ2) is 3.30. The van der Waals surface area contributed by atoms with E-state index in [9.17, 15) is 0 Å². The Morgan fingerprint density at radius 1 is 1.60 bits per heavy atom. The zero-order chi connectivity index (χ0) is 7.56. The molecule has 0 saturated heterocycles. The molecule has 0 radical (unpaired) electrons. The fourth-order valence-corrected chi connectivity index (χ4v) is 1.49. The average molecular weight is 160 g/mol. The standard InChI is InChI=1S/C7H12O2S/c1-5-6(2)10-4-7(8)3-9-5/h7-8H,3-4H2,1-2H3. The van der Waals surface area contributed by atoms with Gasteiger partial charge in [0.25, 0.3) is 0 Å². The van der Waals surface area contributed by atoms with Crippen LogP contribution in [0.3, 0.4) is 0 Å². The van der Waals surface area contributed by atoms with Crippen molar-refractivity contribution in [3.8, 4) is 0 Å². The SMILES string of the molecule is CC1=C(C)SCC(O)CO1. The van der Waals surface area contributed by atoms with Crippen LogP contribution in [-0.2, 0) is 4.74 Å². The molecule has 0 saturated carbocycles. The molecule has 1 aliphatic rings. The summed E-state index contributed by atoms with van der Waals surface area (Å²) in [7, 11) is 0. The Morgan fingerprint density at radius 2 is 2.30 bits per heavy atom. The van der Waals surface area contributed by atoms with E-state index in [-0.39, 0.29) is 6.10 Å². The maximum Gasteiger partial charge on any atom is 0.114 e. The highest BCUT2D eigenvalue weighted by molar-refractivity contribution is 8.03. The lowest BCUT2D eigenvalue weighted by molar-refractivity contribution is 0.0890. The van der Waals surface area contributed by atoms with E-state index in [1.165, 1.54) is 4.91 Å². The third kappa shape index (κ3) is 1.92. The third-order valence-corrected chi connectivity index (χ3v) is 2.75. The summed E-state index contributed by atoms with van der Waals surface area (Å²) in [4.78, 5) is 1.18. The van der Waals surface area contributed by atoms with Crippen LogP contribution < -0.4 is 0 Å². The van der Waals surface area contributed by atoms with Gasteiger partial charge in [0.05, 0.1) is 6.10 Å². The zero-order valence-electron chi connectivity index (χ0n) is 6.26. The van der Waals surface area contributed by atoms with Crippen LogP contribution in [0.4, 0.5) is 0 Å². The van der Waals surface area contributed by atoms with Gasteiger partial charge in [-0.3, -0.25) is 0 Å². The molecule has 0 aliphatic carbocycles. The molecule has 0 amide bonds. The van der Waals surface area contributed by atoms with Crippen LogP contribution in [0.5, 0.6) is 0 Å². The Labute approximate surface area is 65.3 Å². The summed E-state index contributed by atoms with van der Waals surface area (Å²) in [5.74, 6) is 1.70. The molecule has 0 spiro atoms. The van der Waals surface area contributed by atoms with Crippen molar-refractivity contribution in [1.82, 2.24) is 0 Å². The minimum absolute atomic E-state index is 0.308. The summed E-state index contributed by atoms with van der Waals surface area (Å²) in [5.41, 5.74) is 0. The highest BCUT2D eigenvalue weighted by Crippen LogP contribution is 2.23. The normalized spacial score (nSPS) is 27.7. The monoisotopic (exact) mass is 160 g/mol. The summed E-state index contributed by atoms with van der Waals surface area (Å²) < 4.78 is 5.24. The van der Waals surface area contributed by atoms with E-state index < -0.39 is 0 Å². The topological polar surface area (TPSA) is 29.5 Å². The number of thioether (sulfide) groups is 1. The van der Waals surface area contributed by atoms with Crippen LogP contribution in [-0.4, -0.2) is 23.6 Å². The molecule has 10 heavy (non-hydrogen) atoms. The second-order valence-electron chi connectivity index (χ2n) is 2.39. The minimum Gasteiger partial charge on any atom is -0.495 e. The highest BCUT2D eigenvalue weighted by atomic mass is 32.2. The Bertz CT molecular complexity index is 138. The predicted octanol–water partition coefficient (Wildman–Crippen LogP) is 1.36. The maximum atomic E-state index is 9.15. The molecule has 1 aliphatic heterocycles. The lowest BCUT2D eigenvalue weighted by atomic mass is 10.4. The van der Waals surface area contributed by atoms with Gasteiger partial charge < -0.3 is 9.84 Å². The average Bonchev–Trinajstić information content (AvgIpc) is 2.04. The van der Waals surface area contributed by atoms with Crippen molar-refractivity contribution in [1.29, 1.82) is 0 Å². The Hall–Kier alpha value is -0.150. The molecule has 0 bridgehead atoms. The van der Waals surface area contributed by atoms with Gasteiger partial charge in [0, 0.05) is 10.7 Å². The van der Waals surface area contributed by atoms with E-state index in [1.807, 2.05) is 13.8 Å². The van der Waals surface area contributed by atoms with Gasteiger partial charge in [-0.25, -0.2) is 0 Å². The molecule has 0 aromatic heterocycles. The Morgan fingerprint density at radius 3 is 3.00 bits per heavy atom. The number of aliphatic hydroxyl groups is 1. The molecular formula is C7H12O2S. The van der Waals surface area contributed by atoms with Crippen LogP contribution in [0.2, 0.25) is 0 Å². The molecule has 2 nitrogen and oxygen atoms in total. The summed E-state index contributed by atoms with van der Waals surface area (Å²) in [5, 5.41) is 9.15. The number of aliphatic hydroxyl groups excluding tert-OH is 1. The summed E-state index contributed by atoms with van der Waals surface area (Å²) in [6.07, 6.45) is -0.308. The molecule has 1 unspecified atom stereocenters. The van der Waals surface area contributed by atoms with Crippen LogP contribution in [0.1, 0.15) is 13.8 Å². The van der Waals surface area contributed by atoms with Crippen LogP contribution >= 0.6 is 11.8 Å². The van der Waals surface area contributed by atoms with Crippen LogP contribution in [0.25, 0.3) is 0 Å². The van der Waals surface area contributed by atoms with Crippen molar-refractivity contribution >= 4 is 11.8 Å². The first-order valence-corrected chi connectivity index (χ1v) is 4.30. The molecular weight excluding hydrogens is 148 g/mol. The van der Waals surface area contributed by atoms with E-state index >= 15 is 0 Å². The number of rotatable bonds is 0. The van der Waals surface area contributed by atoms with Gasteiger partial charge in [-0.15, -0.1) is 11.8 Å². The predicted molar refractivity (Wildman–Crippen MR) is 42.8 cm³/mol. The maximum absolute atomic E-state index is 9.15. The summed E-state index contributed by atoms with van der Waals surface area (Å²) in [6, 6.07) is 0. The molecule has 1 heterocycles. The first-order valence-electron chi connectivity index (χ1n) is 3.31. The lowest BCUT2D eigenvalue weighted by Crippen LogP contribution is -2.15. The highest BCUT2D eigenvalue weighted by Gasteiger charge is 2.11. The van der Waals surface area contributed by atoms with Gasteiger partial charge in [0.1, 0.15) is 12.4 Å². The summed E-state index contributed by atoms with van der Waals surface area (Å²) in [6.45, 7) is 4.38. The van der Waals surface area contributed by atoms with Gasteiger partial charge in [-0.1, -0.05) is 0 Å². The van der Waals surface area contributed by atoms with Crippen molar-refractivity contribution in [3.63, 3.8) is 0 Å². The molecule has 1 atom stereocenters. The number of ether oxygens (including phenoxy) is 1. The molecule has 3 heteroatoms. The largest absolute Gasteiger partial charge is 0.495 e. The van der Waals surface area contributed by atoms with E-state index in [1.54, 1.807) is 11.8 Å². The minimum atomic E-state index is -0.308. The second-order valence-corrected chi connectivity index (χ2v) is 3.62. The summed E-state index contributed by atoms with van der Waals surface area (Å²) >= 11 is 1.66. The molecule has 0 fully saturated rings. The van der Waals surface area contributed by atoms with E-state index in [0.717, 1.165) is 11.5 Å². The van der Waals surface area contributed by atoms with Crippen molar-refractivity contribution in [2.24, 2.45) is 0 Å². The van der Waals surface area contributed by atoms with Gasteiger partial charge in [0.2, 0.25) is 0 Å². The molecule has 0 aromatic rings. The smallest absolute Gasteiger partial charge is 0.114 e. The fraction of sp³-hybridized carbons (Fsp3) is 0.714. The first kappa shape index (κ1) is 7.95.